The van der Waals surface area contributed by atoms with Crippen molar-refractivity contribution < 1.29 is 13.9 Å². The number of hydrogen-bond acceptors (Lipinski definition) is 2. The average molecular weight is 236 g/mol. The third-order valence-corrected chi connectivity index (χ3v) is 3.61. The van der Waals surface area contributed by atoms with Crippen LogP contribution in [0.4, 0.5) is 4.39 Å². The van der Waals surface area contributed by atoms with Gasteiger partial charge in [-0.15, -0.1) is 0 Å². The first-order valence-electron chi connectivity index (χ1n) is 6.03. The molecular formula is C14H17FO2. The van der Waals surface area contributed by atoms with Gasteiger partial charge in [0.05, 0.1) is 7.11 Å². The predicted octanol–water partition coefficient (Wildman–Crippen LogP) is 3.31. The number of methoxy groups -OCH3 is 1. The summed E-state index contributed by atoms with van der Waals surface area (Å²) < 4.78 is 18.9. The van der Waals surface area contributed by atoms with Crippen LogP contribution in [0.1, 0.15) is 37.2 Å². The quantitative estimate of drug-likeness (QED) is 0.753. The minimum absolute atomic E-state index is 0.166. The molecule has 0 amide bonds. The molecule has 17 heavy (non-hydrogen) atoms. The van der Waals surface area contributed by atoms with Crippen LogP contribution in [0.25, 0.3) is 0 Å². The number of carbonyl (C=O) groups is 1. The fourth-order valence-corrected chi connectivity index (χ4v) is 2.53. The molecule has 0 N–H and O–H groups in total. The fraction of sp³-hybridized carbons (Fsp3) is 0.500. The van der Waals surface area contributed by atoms with Crippen molar-refractivity contribution in [1.29, 1.82) is 0 Å². The van der Waals surface area contributed by atoms with Crippen LogP contribution in [0.5, 0.6) is 5.75 Å². The Kier molecular flexibility index (Phi) is 3.77. The normalized spacial score (nSPS) is 24.4. The molecule has 0 spiro atoms. The van der Waals surface area contributed by atoms with Gasteiger partial charge in [0, 0.05) is 5.92 Å². The average Bonchev–Trinajstić information content (AvgIpc) is 2.39. The highest BCUT2D eigenvalue weighted by atomic mass is 19.1. The highest BCUT2D eigenvalue weighted by Crippen LogP contribution is 2.37. The Morgan fingerprint density at radius 1 is 1.29 bits per heavy atom. The van der Waals surface area contributed by atoms with E-state index >= 15 is 0 Å². The summed E-state index contributed by atoms with van der Waals surface area (Å²) in [5.41, 5.74) is 0.730. The molecule has 0 unspecified atom stereocenters. The van der Waals surface area contributed by atoms with Crippen LogP contribution < -0.4 is 4.74 Å². The van der Waals surface area contributed by atoms with E-state index in [0.29, 0.717) is 5.75 Å². The lowest BCUT2D eigenvalue weighted by Crippen LogP contribution is -2.15. The molecule has 2 nitrogen and oxygen atoms in total. The summed E-state index contributed by atoms with van der Waals surface area (Å²) in [5.74, 6) is 0.917. The molecule has 0 radical (unpaired) electrons. The second kappa shape index (κ2) is 5.30. The number of ether oxygens (including phenoxy) is 1. The molecule has 2 rings (SSSR count). The molecule has 0 aliphatic heterocycles. The Bertz CT molecular complexity index is 395. The highest BCUT2D eigenvalue weighted by molar-refractivity contribution is 5.53. The molecule has 1 aromatic carbocycles. The SMILES string of the molecule is COc1ccc(F)c([C@H]2CC[C@@H](C=O)CC2)c1. The molecule has 0 bridgehead atoms. The maximum atomic E-state index is 13.7. The summed E-state index contributed by atoms with van der Waals surface area (Å²) in [6.45, 7) is 0. The van der Waals surface area contributed by atoms with Gasteiger partial charge in [-0.3, -0.25) is 0 Å². The smallest absolute Gasteiger partial charge is 0.126 e. The van der Waals surface area contributed by atoms with Crippen molar-refractivity contribution in [3.8, 4) is 5.75 Å². The van der Waals surface area contributed by atoms with Crippen LogP contribution in [0.15, 0.2) is 18.2 Å². The van der Waals surface area contributed by atoms with Crippen LogP contribution in [0.2, 0.25) is 0 Å². The second-order valence-electron chi connectivity index (χ2n) is 4.64. The van der Waals surface area contributed by atoms with Gasteiger partial charge < -0.3 is 9.53 Å². The van der Waals surface area contributed by atoms with E-state index in [2.05, 4.69) is 0 Å². The number of rotatable bonds is 3. The zero-order chi connectivity index (χ0) is 12.3. The van der Waals surface area contributed by atoms with Gasteiger partial charge in [-0.2, -0.15) is 0 Å². The minimum Gasteiger partial charge on any atom is -0.497 e. The topological polar surface area (TPSA) is 26.3 Å². The number of carbonyl (C=O) groups excluding carboxylic acids is 1. The zero-order valence-corrected chi connectivity index (χ0v) is 9.99. The van der Waals surface area contributed by atoms with E-state index in [4.69, 9.17) is 4.74 Å². The lowest BCUT2D eigenvalue weighted by molar-refractivity contribution is -0.111. The standard InChI is InChI=1S/C14H17FO2/c1-17-12-6-7-14(15)13(8-12)11-4-2-10(9-16)3-5-11/h6-11H,2-5H2,1H3/t10-,11+. The van der Waals surface area contributed by atoms with E-state index in [0.717, 1.165) is 37.5 Å². The molecule has 1 aliphatic rings. The molecule has 0 heterocycles. The second-order valence-corrected chi connectivity index (χ2v) is 4.64. The Labute approximate surface area is 101 Å². The lowest BCUT2D eigenvalue weighted by atomic mass is 9.79. The van der Waals surface area contributed by atoms with E-state index in [1.165, 1.54) is 6.07 Å². The Balaban J connectivity index is 2.14. The molecule has 1 fully saturated rings. The van der Waals surface area contributed by atoms with Crippen molar-refractivity contribution in [2.45, 2.75) is 31.6 Å². The van der Waals surface area contributed by atoms with Crippen LogP contribution >= 0.6 is 0 Å². The number of benzene rings is 1. The molecule has 3 heteroatoms. The van der Waals surface area contributed by atoms with E-state index in [9.17, 15) is 9.18 Å². The van der Waals surface area contributed by atoms with Crippen molar-refractivity contribution in [2.75, 3.05) is 7.11 Å². The number of halogens is 1. The summed E-state index contributed by atoms with van der Waals surface area (Å²) in [7, 11) is 1.58. The van der Waals surface area contributed by atoms with Gasteiger partial charge in [-0.05, 0) is 55.4 Å². The first-order chi connectivity index (χ1) is 8.24. The van der Waals surface area contributed by atoms with Crippen molar-refractivity contribution in [3.05, 3.63) is 29.6 Å². The van der Waals surface area contributed by atoms with Crippen molar-refractivity contribution >= 4 is 6.29 Å². The molecule has 1 aliphatic carbocycles. The maximum Gasteiger partial charge on any atom is 0.126 e. The Morgan fingerprint density at radius 3 is 2.59 bits per heavy atom. The van der Waals surface area contributed by atoms with Gasteiger partial charge in [0.1, 0.15) is 17.9 Å². The Morgan fingerprint density at radius 2 is 2.00 bits per heavy atom. The maximum absolute atomic E-state index is 13.7. The number of aldehydes is 1. The van der Waals surface area contributed by atoms with Gasteiger partial charge in [-0.1, -0.05) is 0 Å². The first kappa shape index (κ1) is 12.1. The summed E-state index contributed by atoms with van der Waals surface area (Å²) >= 11 is 0. The molecule has 0 saturated heterocycles. The van der Waals surface area contributed by atoms with Crippen LogP contribution in [-0.4, -0.2) is 13.4 Å². The van der Waals surface area contributed by atoms with E-state index in [1.54, 1.807) is 19.2 Å². The van der Waals surface area contributed by atoms with Crippen molar-refractivity contribution in [3.63, 3.8) is 0 Å². The van der Waals surface area contributed by atoms with E-state index in [1.807, 2.05) is 0 Å². The van der Waals surface area contributed by atoms with Gasteiger partial charge >= 0.3 is 0 Å². The van der Waals surface area contributed by atoms with Crippen LogP contribution in [0.3, 0.4) is 0 Å². The van der Waals surface area contributed by atoms with Crippen molar-refractivity contribution in [1.82, 2.24) is 0 Å². The molecule has 92 valence electrons. The fourth-order valence-electron chi connectivity index (χ4n) is 2.53. The third kappa shape index (κ3) is 2.65. The zero-order valence-electron chi connectivity index (χ0n) is 9.99. The van der Waals surface area contributed by atoms with Crippen LogP contribution in [0, 0.1) is 11.7 Å². The van der Waals surface area contributed by atoms with Gasteiger partial charge in [0.2, 0.25) is 0 Å². The first-order valence-corrected chi connectivity index (χ1v) is 6.03. The summed E-state index contributed by atoms with van der Waals surface area (Å²) in [5, 5.41) is 0. The molecule has 1 saturated carbocycles. The van der Waals surface area contributed by atoms with E-state index < -0.39 is 0 Å². The van der Waals surface area contributed by atoms with E-state index in [-0.39, 0.29) is 17.7 Å². The van der Waals surface area contributed by atoms with Gasteiger partial charge in [-0.25, -0.2) is 4.39 Å². The van der Waals surface area contributed by atoms with Gasteiger partial charge in [0.25, 0.3) is 0 Å². The molecular weight excluding hydrogens is 219 g/mol. The molecule has 0 aromatic heterocycles. The summed E-state index contributed by atoms with van der Waals surface area (Å²) in [4.78, 5) is 10.7. The number of hydrogen-bond donors (Lipinski definition) is 0. The molecule has 1 aromatic rings. The largest absolute Gasteiger partial charge is 0.497 e. The monoisotopic (exact) mass is 236 g/mol. The third-order valence-electron chi connectivity index (χ3n) is 3.61. The lowest BCUT2D eigenvalue weighted by Gasteiger charge is -2.26. The summed E-state index contributed by atoms with van der Waals surface area (Å²) in [6.07, 6.45) is 4.52. The van der Waals surface area contributed by atoms with Crippen molar-refractivity contribution in [2.24, 2.45) is 5.92 Å². The highest BCUT2D eigenvalue weighted by Gasteiger charge is 2.24. The van der Waals surface area contributed by atoms with Crippen LogP contribution in [-0.2, 0) is 4.79 Å². The minimum atomic E-state index is -0.166. The van der Waals surface area contributed by atoms with Gasteiger partial charge in [0.15, 0.2) is 0 Å². The summed E-state index contributed by atoms with van der Waals surface area (Å²) in [6, 6.07) is 4.87. The predicted molar refractivity (Wildman–Crippen MR) is 63.7 cm³/mol. The Hall–Kier alpha value is -1.38. The molecule has 0 atom stereocenters.